The first kappa shape index (κ1) is 22.5. The molecule has 3 aliphatic rings. The number of morpholine rings is 1. The van der Waals surface area contributed by atoms with E-state index in [9.17, 15) is 13.2 Å². The number of hydrogen-bond acceptors (Lipinski definition) is 5. The van der Waals surface area contributed by atoms with Crippen molar-refractivity contribution in [3.05, 3.63) is 65.2 Å². The van der Waals surface area contributed by atoms with Crippen LogP contribution in [0.3, 0.4) is 0 Å². The average molecular weight is 470 g/mol. The fourth-order valence-electron chi connectivity index (χ4n) is 5.16. The highest BCUT2D eigenvalue weighted by Crippen LogP contribution is 2.29. The molecule has 1 amide bonds. The topological polar surface area (TPSA) is 70.2 Å². The van der Waals surface area contributed by atoms with Crippen LogP contribution in [0.25, 0.3) is 0 Å². The molecule has 0 bridgehead atoms. The summed E-state index contributed by atoms with van der Waals surface area (Å²) >= 11 is 0. The number of sulfonamides is 1. The predicted molar refractivity (Wildman–Crippen MR) is 125 cm³/mol. The highest BCUT2D eigenvalue weighted by molar-refractivity contribution is 7.89. The third-order valence-corrected chi connectivity index (χ3v) is 8.91. The molecule has 0 saturated carbocycles. The first-order chi connectivity index (χ1) is 16.0. The second-order valence-corrected chi connectivity index (χ2v) is 10.9. The molecule has 176 valence electrons. The van der Waals surface area contributed by atoms with Gasteiger partial charge >= 0.3 is 0 Å². The minimum absolute atomic E-state index is 0.0689. The quantitative estimate of drug-likeness (QED) is 0.671. The third kappa shape index (κ3) is 4.57. The molecule has 1 aliphatic carbocycles. The zero-order chi connectivity index (χ0) is 22.8. The highest BCUT2D eigenvalue weighted by Gasteiger charge is 2.36. The Morgan fingerprint density at radius 1 is 0.848 bits per heavy atom. The molecular weight excluding hydrogens is 438 g/mol. The van der Waals surface area contributed by atoms with E-state index in [1.54, 1.807) is 10.4 Å². The zero-order valence-corrected chi connectivity index (χ0v) is 19.7. The Morgan fingerprint density at radius 3 is 2.27 bits per heavy atom. The second-order valence-electron chi connectivity index (χ2n) is 8.98. The molecule has 0 spiro atoms. The molecule has 2 aromatic rings. The number of carbonyl (C=O) groups is 1. The SMILES string of the molecule is O=C([C@H](c1ccccc1)N1CCN(S(=O)(=O)c2ccc3c(c2)CCC3)CC1)N1CCOCC1. The maximum Gasteiger partial charge on any atom is 0.244 e. The van der Waals surface area contributed by atoms with Gasteiger partial charge < -0.3 is 9.64 Å². The fourth-order valence-corrected chi connectivity index (χ4v) is 6.63. The standard InChI is InChI=1S/C25H31N3O4S/c29-25(27-15-17-32-18-16-27)24(21-5-2-1-3-6-21)26-11-13-28(14-12-26)33(30,31)23-10-9-20-7-4-8-22(20)19-23/h1-3,5-6,9-10,19,24H,4,7-8,11-18H2/t24-/m0/s1. The van der Waals surface area contributed by atoms with E-state index in [-0.39, 0.29) is 5.91 Å². The van der Waals surface area contributed by atoms with Crippen molar-refractivity contribution in [3.63, 3.8) is 0 Å². The van der Waals surface area contributed by atoms with Crippen LogP contribution >= 0.6 is 0 Å². The summed E-state index contributed by atoms with van der Waals surface area (Å²) in [6.45, 7) is 4.07. The van der Waals surface area contributed by atoms with E-state index < -0.39 is 16.1 Å². The number of hydrogen-bond donors (Lipinski definition) is 0. The van der Waals surface area contributed by atoms with Crippen LogP contribution in [0.2, 0.25) is 0 Å². The van der Waals surface area contributed by atoms with E-state index in [0.29, 0.717) is 57.4 Å². The van der Waals surface area contributed by atoms with Crippen molar-refractivity contribution in [1.82, 2.24) is 14.1 Å². The van der Waals surface area contributed by atoms with Gasteiger partial charge in [0.2, 0.25) is 15.9 Å². The minimum atomic E-state index is -3.54. The van der Waals surface area contributed by atoms with Crippen LogP contribution in [0.1, 0.15) is 29.2 Å². The lowest BCUT2D eigenvalue weighted by Crippen LogP contribution is -2.54. The van der Waals surface area contributed by atoms with E-state index in [0.717, 1.165) is 30.4 Å². The molecule has 0 N–H and O–H groups in total. The van der Waals surface area contributed by atoms with Crippen LogP contribution in [0.15, 0.2) is 53.4 Å². The Bertz CT molecular complexity index is 1090. The number of nitrogens with zero attached hydrogens (tertiary/aromatic N) is 3. The van der Waals surface area contributed by atoms with Gasteiger partial charge in [0.1, 0.15) is 6.04 Å². The van der Waals surface area contributed by atoms with E-state index in [1.807, 2.05) is 47.4 Å². The number of aryl methyl sites for hydroxylation is 2. The van der Waals surface area contributed by atoms with E-state index >= 15 is 0 Å². The van der Waals surface area contributed by atoms with E-state index in [1.165, 1.54) is 5.56 Å². The van der Waals surface area contributed by atoms with Gasteiger partial charge in [0.25, 0.3) is 0 Å². The van der Waals surface area contributed by atoms with Gasteiger partial charge in [-0.05, 0) is 48.1 Å². The summed E-state index contributed by atoms with van der Waals surface area (Å²) in [5.74, 6) is 0.0689. The lowest BCUT2D eigenvalue weighted by molar-refractivity contribution is -0.142. The maximum atomic E-state index is 13.5. The molecule has 8 heteroatoms. The number of rotatable bonds is 5. The number of benzene rings is 2. The molecule has 2 heterocycles. The molecule has 0 radical (unpaired) electrons. The van der Waals surface area contributed by atoms with Gasteiger partial charge in [0.05, 0.1) is 18.1 Å². The molecule has 2 fully saturated rings. The van der Waals surface area contributed by atoms with Crippen molar-refractivity contribution < 1.29 is 17.9 Å². The largest absolute Gasteiger partial charge is 0.378 e. The number of ether oxygens (including phenoxy) is 1. The summed E-state index contributed by atoms with van der Waals surface area (Å²) < 4.78 is 33.7. The Hall–Kier alpha value is -2.26. The van der Waals surface area contributed by atoms with Crippen LogP contribution in [0.5, 0.6) is 0 Å². The number of fused-ring (bicyclic) bond motifs is 1. The summed E-state index contributed by atoms with van der Waals surface area (Å²) in [6, 6.07) is 15.0. The van der Waals surface area contributed by atoms with Crippen LogP contribution in [-0.2, 0) is 32.4 Å². The van der Waals surface area contributed by atoms with E-state index in [2.05, 4.69) is 4.90 Å². The lowest BCUT2D eigenvalue weighted by Gasteiger charge is -2.40. The molecular formula is C25H31N3O4S. The van der Waals surface area contributed by atoms with E-state index in [4.69, 9.17) is 4.74 Å². The zero-order valence-electron chi connectivity index (χ0n) is 18.9. The third-order valence-electron chi connectivity index (χ3n) is 7.02. The molecule has 5 rings (SSSR count). The van der Waals surface area contributed by atoms with Crippen LogP contribution in [0, 0.1) is 0 Å². The molecule has 0 aromatic heterocycles. The lowest BCUT2D eigenvalue weighted by atomic mass is 10.0. The fraction of sp³-hybridized carbons (Fsp3) is 0.480. The Kier molecular flexibility index (Phi) is 6.51. The number of carbonyl (C=O) groups excluding carboxylic acids is 1. The first-order valence-corrected chi connectivity index (χ1v) is 13.3. The monoisotopic (exact) mass is 469 g/mol. The number of piperazine rings is 1. The molecule has 2 aliphatic heterocycles. The predicted octanol–water partition coefficient (Wildman–Crippen LogP) is 2.08. The van der Waals surface area contributed by atoms with Gasteiger partial charge in [0.15, 0.2) is 0 Å². The van der Waals surface area contributed by atoms with Gasteiger partial charge in [-0.25, -0.2) is 8.42 Å². The van der Waals surface area contributed by atoms with Gasteiger partial charge in [-0.15, -0.1) is 0 Å². The van der Waals surface area contributed by atoms with Gasteiger partial charge in [-0.2, -0.15) is 4.31 Å². The van der Waals surface area contributed by atoms with Crippen molar-refractivity contribution in [2.75, 3.05) is 52.5 Å². The van der Waals surface area contributed by atoms with Gasteiger partial charge in [0, 0.05) is 39.3 Å². The second kappa shape index (κ2) is 9.54. The van der Waals surface area contributed by atoms with Crippen molar-refractivity contribution in [1.29, 1.82) is 0 Å². The van der Waals surface area contributed by atoms with Gasteiger partial charge in [-0.3, -0.25) is 9.69 Å². The molecule has 2 aromatic carbocycles. The molecule has 1 atom stereocenters. The Balaban J connectivity index is 1.33. The van der Waals surface area contributed by atoms with Crippen molar-refractivity contribution >= 4 is 15.9 Å². The van der Waals surface area contributed by atoms with Crippen LogP contribution in [-0.4, -0.2) is 80.9 Å². The summed E-state index contributed by atoms with van der Waals surface area (Å²) in [6.07, 6.45) is 3.08. The average Bonchev–Trinajstić information content (AvgIpc) is 3.34. The normalized spacial score (nSPS) is 21.0. The van der Waals surface area contributed by atoms with Crippen molar-refractivity contribution in [2.24, 2.45) is 0 Å². The molecule has 7 nitrogen and oxygen atoms in total. The number of amides is 1. The summed E-state index contributed by atoms with van der Waals surface area (Å²) in [4.78, 5) is 17.9. The Morgan fingerprint density at radius 2 is 1.55 bits per heavy atom. The summed E-state index contributed by atoms with van der Waals surface area (Å²) in [5, 5.41) is 0. The minimum Gasteiger partial charge on any atom is -0.378 e. The Labute approximate surface area is 196 Å². The molecule has 33 heavy (non-hydrogen) atoms. The van der Waals surface area contributed by atoms with Crippen molar-refractivity contribution in [3.8, 4) is 0 Å². The van der Waals surface area contributed by atoms with Gasteiger partial charge in [-0.1, -0.05) is 36.4 Å². The first-order valence-electron chi connectivity index (χ1n) is 11.8. The summed E-state index contributed by atoms with van der Waals surface area (Å²) in [5.41, 5.74) is 3.38. The molecule has 2 saturated heterocycles. The van der Waals surface area contributed by atoms with Crippen LogP contribution in [0.4, 0.5) is 0 Å². The highest BCUT2D eigenvalue weighted by atomic mass is 32.2. The summed E-state index contributed by atoms with van der Waals surface area (Å²) in [7, 11) is -3.54. The maximum absolute atomic E-state index is 13.5. The van der Waals surface area contributed by atoms with Crippen molar-refractivity contribution in [2.45, 2.75) is 30.2 Å². The smallest absolute Gasteiger partial charge is 0.244 e. The molecule has 0 unspecified atom stereocenters. The van der Waals surface area contributed by atoms with Crippen LogP contribution < -0.4 is 0 Å².